The molecule has 0 bridgehead atoms. The summed E-state index contributed by atoms with van der Waals surface area (Å²) in [6, 6.07) is 2.04. The van der Waals surface area contributed by atoms with E-state index in [0.717, 1.165) is 43.6 Å². The number of rotatable bonds is 4. The van der Waals surface area contributed by atoms with Gasteiger partial charge in [0.05, 0.1) is 4.88 Å². The van der Waals surface area contributed by atoms with Crippen molar-refractivity contribution in [2.24, 2.45) is 0 Å². The molecule has 1 aliphatic heterocycles. The van der Waals surface area contributed by atoms with Crippen LogP contribution in [0.25, 0.3) is 0 Å². The lowest BCUT2D eigenvalue weighted by atomic mass is 9.99. The summed E-state index contributed by atoms with van der Waals surface area (Å²) in [7, 11) is 0. The van der Waals surface area contributed by atoms with Crippen molar-refractivity contribution in [1.29, 1.82) is 0 Å². The van der Waals surface area contributed by atoms with E-state index in [2.05, 4.69) is 5.32 Å². The van der Waals surface area contributed by atoms with Crippen molar-refractivity contribution in [2.75, 3.05) is 19.6 Å². The minimum Gasteiger partial charge on any atom is -0.351 e. The largest absolute Gasteiger partial charge is 0.351 e. The molecule has 0 atom stereocenters. The summed E-state index contributed by atoms with van der Waals surface area (Å²) in [6.45, 7) is 2.20. The van der Waals surface area contributed by atoms with Gasteiger partial charge < -0.3 is 10.2 Å². The molecule has 3 rings (SSSR count). The zero-order valence-corrected chi connectivity index (χ0v) is 13.1. The number of thiophene rings is 1. The Kier molecular flexibility index (Phi) is 4.58. The zero-order chi connectivity index (χ0) is 14.7. The normalized spacial score (nSPS) is 17.6. The van der Waals surface area contributed by atoms with Gasteiger partial charge in [-0.15, -0.1) is 11.3 Å². The smallest absolute Gasteiger partial charge is 0.261 e. The molecule has 0 aromatic carbocycles. The number of aryl methyl sites for hydroxylation is 2. The Hall–Kier alpha value is -1.36. The van der Waals surface area contributed by atoms with Gasteiger partial charge in [-0.05, 0) is 50.2 Å². The molecule has 1 aliphatic carbocycles. The van der Waals surface area contributed by atoms with Gasteiger partial charge >= 0.3 is 0 Å². The molecule has 1 N–H and O–H groups in total. The number of hydrogen-bond donors (Lipinski definition) is 1. The molecule has 5 heteroatoms. The SMILES string of the molecule is O=C(NCCC(=O)N1CCCC1)c1cc2c(s1)CCCC2. The molecule has 0 saturated carbocycles. The average Bonchev–Trinajstić information content (AvgIpc) is 3.16. The Balaban J connectivity index is 1.47. The lowest BCUT2D eigenvalue weighted by molar-refractivity contribution is -0.129. The van der Waals surface area contributed by atoms with Gasteiger partial charge in [0.2, 0.25) is 5.91 Å². The minimum atomic E-state index is -0.0244. The first-order valence-electron chi connectivity index (χ1n) is 7.91. The van der Waals surface area contributed by atoms with Gasteiger partial charge in [0.1, 0.15) is 0 Å². The lowest BCUT2D eigenvalue weighted by Crippen LogP contribution is -2.32. The van der Waals surface area contributed by atoms with Gasteiger partial charge in [0.15, 0.2) is 0 Å². The molecule has 0 spiro atoms. The minimum absolute atomic E-state index is 0.0244. The van der Waals surface area contributed by atoms with Crippen molar-refractivity contribution in [3.63, 3.8) is 0 Å². The molecule has 4 nitrogen and oxygen atoms in total. The van der Waals surface area contributed by atoms with Gasteiger partial charge in [0.25, 0.3) is 5.91 Å². The molecular weight excluding hydrogens is 284 g/mol. The van der Waals surface area contributed by atoms with E-state index in [-0.39, 0.29) is 11.8 Å². The van der Waals surface area contributed by atoms with Crippen LogP contribution >= 0.6 is 11.3 Å². The number of hydrogen-bond acceptors (Lipinski definition) is 3. The Morgan fingerprint density at radius 2 is 1.90 bits per heavy atom. The number of fused-ring (bicyclic) bond motifs is 1. The van der Waals surface area contributed by atoms with Gasteiger partial charge in [-0.3, -0.25) is 9.59 Å². The number of nitrogens with one attached hydrogen (secondary N) is 1. The molecule has 1 aromatic rings. The van der Waals surface area contributed by atoms with Crippen LogP contribution in [0.5, 0.6) is 0 Å². The highest BCUT2D eigenvalue weighted by atomic mass is 32.1. The van der Waals surface area contributed by atoms with E-state index in [4.69, 9.17) is 0 Å². The summed E-state index contributed by atoms with van der Waals surface area (Å²) < 4.78 is 0. The van der Waals surface area contributed by atoms with E-state index in [1.165, 1.54) is 23.3 Å². The summed E-state index contributed by atoms with van der Waals surface area (Å²) in [5, 5.41) is 2.89. The molecule has 21 heavy (non-hydrogen) atoms. The molecule has 1 saturated heterocycles. The van der Waals surface area contributed by atoms with Crippen molar-refractivity contribution < 1.29 is 9.59 Å². The first-order valence-corrected chi connectivity index (χ1v) is 8.73. The third-order valence-corrected chi connectivity index (χ3v) is 5.54. The van der Waals surface area contributed by atoms with Crippen LogP contribution in [0.4, 0.5) is 0 Å². The van der Waals surface area contributed by atoms with Gasteiger partial charge in [0, 0.05) is 30.9 Å². The second-order valence-electron chi connectivity index (χ2n) is 5.86. The van der Waals surface area contributed by atoms with Crippen LogP contribution in [0.15, 0.2) is 6.07 Å². The Morgan fingerprint density at radius 3 is 2.67 bits per heavy atom. The lowest BCUT2D eigenvalue weighted by Gasteiger charge is -2.14. The highest BCUT2D eigenvalue weighted by molar-refractivity contribution is 7.14. The number of likely N-dealkylation sites (tertiary alicyclic amines) is 1. The third-order valence-electron chi connectivity index (χ3n) is 4.30. The van der Waals surface area contributed by atoms with Crippen LogP contribution in [-0.4, -0.2) is 36.3 Å². The summed E-state index contributed by atoms with van der Waals surface area (Å²) >= 11 is 1.62. The molecule has 2 aliphatic rings. The maximum atomic E-state index is 12.1. The Bertz CT molecular complexity index is 509. The van der Waals surface area contributed by atoms with Crippen LogP contribution in [0, 0.1) is 0 Å². The Morgan fingerprint density at radius 1 is 1.14 bits per heavy atom. The number of amides is 2. The van der Waals surface area contributed by atoms with Crippen molar-refractivity contribution >= 4 is 23.2 Å². The first-order chi connectivity index (χ1) is 10.2. The fourth-order valence-electron chi connectivity index (χ4n) is 3.10. The molecular formula is C16H22N2O2S. The van der Waals surface area contributed by atoms with Crippen molar-refractivity contribution in [3.05, 3.63) is 21.4 Å². The monoisotopic (exact) mass is 306 g/mol. The fourth-order valence-corrected chi connectivity index (χ4v) is 4.27. The maximum Gasteiger partial charge on any atom is 0.261 e. The van der Waals surface area contributed by atoms with E-state index in [0.29, 0.717) is 13.0 Å². The molecule has 2 heterocycles. The van der Waals surface area contributed by atoms with Gasteiger partial charge in [-0.1, -0.05) is 0 Å². The van der Waals surface area contributed by atoms with Crippen LogP contribution in [0.2, 0.25) is 0 Å². The maximum absolute atomic E-state index is 12.1. The van der Waals surface area contributed by atoms with Gasteiger partial charge in [-0.2, -0.15) is 0 Å². The van der Waals surface area contributed by atoms with E-state index in [1.54, 1.807) is 11.3 Å². The van der Waals surface area contributed by atoms with Crippen molar-refractivity contribution in [3.8, 4) is 0 Å². The summed E-state index contributed by atoms with van der Waals surface area (Å²) in [6.07, 6.45) is 7.32. The van der Waals surface area contributed by atoms with Crippen LogP contribution in [0.1, 0.15) is 52.2 Å². The molecule has 0 unspecified atom stereocenters. The molecule has 2 amide bonds. The van der Waals surface area contributed by atoms with E-state index in [9.17, 15) is 9.59 Å². The predicted octanol–water partition coefficient (Wildman–Crippen LogP) is 2.37. The van der Waals surface area contributed by atoms with E-state index >= 15 is 0 Å². The van der Waals surface area contributed by atoms with Crippen LogP contribution in [-0.2, 0) is 17.6 Å². The van der Waals surface area contributed by atoms with E-state index < -0.39 is 0 Å². The molecule has 0 radical (unpaired) electrons. The third kappa shape index (κ3) is 3.46. The highest BCUT2D eigenvalue weighted by Crippen LogP contribution is 2.29. The topological polar surface area (TPSA) is 49.4 Å². The zero-order valence-electron chi connectivity index (χ0n) is 12.3. The molecule has 1 aromatic heterocycles. The standard InChI is InChI=1S/C16H22N2O2S/c19-15(18-9-3-4-10-18)7-8-17-16(20)14-11-12-5-1-2-6-13(12)21-14/h11H,1-10H2,(H,17,20). The average molecular weight is 306 g/mol. The first kappa shape index (κ1) is 14.6. The fraction of sp³-hybridized carbons (Fsp3) is 0.625. The summed E-state index contributed by atoms with van der Waals surface area (Å²) in [5.74, 6) is 0.141. The molecule has 1 fully saturated rings. The molecule has 114 valence electrons. The number of nitrogens with zero attached hydrogens (tertiary/aromatic N) is 1. The second kappa shape index (κ2) is 6.60. The van der Waals surface area contributed by atoms with Crippen molar-refractivity contribution in [2.45, 2.75) is 44.9 Å². The summed E-state index contributed by atoms with van der Waals surface area (Å²) in [4.78, 5) is 28.1. The van der Waals surface area contributed by atoms with Crippen LogP contribution < -0.4 is 5.32 Å². The highest BCUT2D eigenvalue weighted by Gasteiger charge is 2.19. The van der Waals surface area contributed by atoms with E-state index in [1.807, 2.05) is 11.0 Å². The van der Waals surface area contributed by atoms with Crippen molar-refractivity contribution in [1.82, 2.24) is 10.2 Å². The van der Waals surface area contributed by atoms with Crippen LogP contribution in [0.3, 0.4) is 0 Å². The summed E-state index contributed by atoms with van der Waals surface area (Å²) in [5.41, 5.74) is 1.35. The number of carbonyl (C=O) groups excluding carboxylic acids is 2. The quantitative estimate of drug-likeness (QED) is 0.928. The second-order valence-corrected chi connectivity index (χ2v) is 7.00. The van der Waals surface area contributed by atoms with Gasteiger partial charge in [-0.25, -0.2) is 0 Å². The Labute approximate surface area is 129 Å². The predicted molar refractivity (Wildman–Crippen MR) is 83.7 cm³/mol. The number of carbonyl (C=O) groups is 2.